The number of esters is 1. The van der Waals surface area contributed by atoms with Crippen LogP contribution in [-0.2, 0) is 17.1 Å². The van der Waals surface area contributed by atoms with Gasteiger partial charge in [0.2, 0.25) is 0 Å². The normalized spacial score (nSPS) is 12.8. The molecule has 12 heteroatoms. The lowest BCUT2D eigenvalue weighted by molar-refractivity contribution is -0.143. The highest BCUT2D eigenvalue weighted by atomic mass is 31.1. The van der Waals surface area contributed by atoms with Gasteiger partial charge in [-0.05, 0) is 59.2 Å². The Hall–Kier alpha value is -5.93. The summed E-state index contributed by atoms with van der Waals surface area (Å²) in [6, 6.07) is 41.9. The Labute approximate surface area is 308 Å². The van der Waals surface area contributed by atoms with Crippen LogP contribution >= 0.6 is 7.92 Å². The Bertz CT molecular complexity index is 2110. The number of alkyl halides is 6. The van der Waals surface area contributed by atoms with Crippen molar-refractivity contribution in [3.05, 3.63) is 192 Å². The van der Waals surface area contributed by atoms with Gasteiger partial charge >= 0.3 is 24.4 Å². The van der Waals surface area contributed by atoms with Crippen LogP contribution in [0.4, 0.5) is 36.8 Å². The van der Waals surface area contributed by atoms with Crippen molar-refractivity contribution in [3.63, 3.8) is 0 Å². The zero-order valence-corrected chi connectivity index (χ0v) is 29.1. The van der Waals surface area contributed by atoms with Crippen LogP contribution in [0.3, 0.4) is 0 Å². The van der Waals surface area contributed by atoms with Crippen molar-refractivity contribution in [3.8, 4) is 0 Å². The molecule has 2 N–H and O–H groups in total. The first kappa shape index (κ1) is 37.8. The Morgan fingerprint density at radius 2 is 1.00 bits per heavy atom. The summed E-state index contributed by atoms with van der Waals surface area (Å²) in [5.41, 5.74) is -2.74. The lowest BCUT2D eigenvalue weighted by Crippen LogP contribution is -2.37. The second-order valence-corrected chi connectivity index (χ2v) is 14.2. The average Bonchev–Trinajstić information content (AvgIpc) is 3.17. The van der Waals surface area contributed by atoms with Gasteiger partial charge in [-0.15, -0.1) is 0 Å². The quantitative estimate of drug-likeness (QED) is 0.0831. The number of amides is 2. The zero-order valence-electron chi connectivity index (χ0n) is 28.2. The van der Waals surface area contributed by atoms with Gasteiger partial charge in [-0.2, -0.15) is 26.3 Å². The third kappa shape index (κ3) is 9.16. The smallest absolute Gasteiger partial charge is 0.416 e. The van der Waals surface area contributed by atoms with E-state index in [0.29, 0.717) is 28.6 Å². The summed E-state index contributed by atoms with van der Waals surface area (Å²) in [5, 5.41) is 7.48. The number of urea groups is 1. The van der Waals surface area contributed by atoms with Crippen LogP contribution in [0.25, 0.3) is 0 Å². The first-order valence-electron chi connectivity index (χ1n) is 16.6. The molecule has 0 fully saturated rings. The van der Waals surface area contributed by atoms with E-state index < -0.39 is 61.2 Å². The predicted octanol–water partition coefficient (Wildman–Crippen LogP) is 9.94. The molecule has 274 valence electrons. The van der Waals surface area contributed by atoms with Crippen LogP contribution in [-0.4, -0.2) is 12.0 Å². The minimum Gasteiger partial charge on any atom is -0.451 e. The van der Waals surface area contributed by atoms with Crippen molar-refractivity contribution in [1.29, 1.82) is 0 Å². The molecular formula is C42H31F6N2O3P. The number of hydrogen-bond acceptors (Lipinski definition) is 3. The van der Waals surface area contributed by atoms with E-state index >= 15 is 0 Å². The van der Waals surface area contributed by atoms with E-state index in [2.05, 4.69) is 10.6 Å². The fraction of sp³-hybridized carbons (Fsp3) is 0.0952. The van der Waals surface area contributed by atoms with Crippen LogP contribution in [0, 0.1) is 0 Å². The molecule has 0 aliphatic heterocycles. The van der Waals surface area contributed by atoms with Gasteiger partial charge in [-0.1, -0.05) is 140 Å². The molecule has 0 aliphatic rings. The molecule has 0 spiro atoms. The van der Waals surface area contributed by atoms with Crippen molar-refractivity contribution in [2.24, 2.45) is 0 Å². The molecule has 54 heavy (non-hydrogen) atoms. The number of nitrogens with one attached hydrogen (secondary N) is 2. The number of ether oxygens (including phenoxy) is 1. The minimum atomic E-state index is -5.12. The molecule has 6 aromatic carbocycles. The second kappa shape index (κ2) is 16.4. The maximum absolute atomic E-state index is 14.4. The molecule has 0 radical (unpaired) electrons. The molecule has 2 amide bonds. The fourth-order valence-corrected chi connectivity index (χ4v) is 8.34. The van der Waals surface area contributed by atoms with Crippen molar-refractivity contribution < 1.29 is 40.7 Å². The van der Waals surface area contributed by atoms with Crippen molar-refractivity contribution in [1.82, 2.24) is 5.32 Å². The highest BCUT2D eigenvalue weighted by Gasteiger charge is 2.38. The maximum Gasteiger partial charge on any atom is 0.416 e. The average molecular weight is 757 g/mol. The monoisotopic (exact) mass is 756 g/mol. The van der Waals surface area contributed by atoms with E-state index in [1.54, 1.807) is 72.8 Å². The van der Waals surface area contributed by atoms with Crippen molar-refractivity contribution >= 4 is 41.5 Å². The summed E-state index contributed by atoms with van der Waals surface area (Å²) < 4.78 is 87.8. The third-order valence-corrected chi connectivity index (χ3v) is 10.9. The van der Waals surface area contributed by atoms with Crippen LogP contribution in [0.2, 0.25) is 0 Å². The number of carbonyl (C=O) groups excluding carboxylic acids is 2. The summed E-state index contributed by atoms with van der Waals surface area (Å²) in [5.74, 6) is -0.713. The second-order valence-electron chi connectivity index (χ2n) is 12.0. The Kier molecular flexibility index (Phi) is 11.5. The molecule has 6 rings (SSSR count). The molecule has 0 bridgehead atoms. The molecule has 0 saturated carbocycles. The summed E-state index contributed by atoms with van der Waals surface area (Å²) >= 11 is 0. The maximum atomic E-state index is 14.4. The van der Waals surface area contributed by atoms with E-state index in [9.17, 15) is 35.9 Å². The van der Waals surface area contributed by atoms with Gasteiger partial charge in [0.25, 0.3) is 0 Å². The van der Waals surface area contributed by atoms with E-state index in [-0.39, 0.29) is 11.6 Å². The van der Waals surface area contributed by atoms with Crippen molar-refractivity contribution in [2.75, 3.05) is 5.32 Å². The van der Waals surface area contributed by atoms with Crippen LogP contribution in [0.1, 0.15) is 44.8 Å². The molecule has 0 heterocycles. The number of hydrogen-bond donors (Lipinski definition) is 2. The topological polar surface area (TPSA) is 67.4 Å². The van der Waals surface area contributed by atoms with E-state index in [4.69, 9.17) is 4.74 Å². The molecular weight excluding hydrogens is 725 g/mol. The number of benzene rings is 6. The Morgan fingerprint density at radius 1 is 0.556 bits per heavy atom. The molecule has 6 aromatic rings. The SMILES string of the molecule is O=C(Nc1cc(C(F)(F)F)cc(C(F)(F)F)c1)N[C@H](c1ccccc1)[C@H](OC(=O)c1ccccc1P(c1ccccc1)c1ccccc1)c1ccccc1. The van der Waals surface area contributed by atoms with Gasteiger partial charge < -0.3 is 15.4 Å². The molecule has 0 saturated heterocycles. The third-order valence-electron chi connectivity index (χ3n) is 8.35. The fourth-order valence-electron chi connectivity index (χ4n) is 5.90. The van der Waals surface area contributed by atoms with Gasteiger partial charge in [-0.3, -0.25) is 0 Å². The molecule has 2 atom stereocenters. The summed E-state index contributed by atoms with van der Waals surface area (Å²) in [7, 11) is -1.24. The highest BCUT2D eigenvalue weighted by molar-refractivity contribution is 7.80. The van der Waals surface area contributed by atoms with Crippen LogP contribution in [0.15, 0.2) is 164 Å². The van der Waals surface area contributed by atoms with Gasteiger partial charge in [0, 0.05) is 5.69 Å². The molecule has 0 aliphatic carbocycles. The van der Waals surface area contributed by atoms with E-state index in [1.807, 2.05) is 72.8 Å². The van der Waals surface area contributed by atoms with Gasteiger partial charge in [-0.25, -0.2) is 9.59 Å². The number of carbonyl (C=O) groups is 2. The lowest BCUT2D eigenvalue weighted by atomic mass is 9.95. The summed E-state index contributed by atoms with van der Waals surface area (Å²) in [6.45, 7) is 0. The minimum absolute atomic E-state index is 0.0277. The summed E-state index contributed by atoms with van der Waals surface area (Å²) in [6.07, 6.45) is -11.5. The molecule has 5 nitrogen and oxygen atoms in total. The first-order valence-corrected chi connectivity index (χ1v) is 17.9. The Balaban J connectivity index is 1.38. The lowest BCUT2D eigenvalue weighted by Gasteiger charge is -2.30. The first-order chi connectivity index (χ1) is 25.9. The van der Waals surface area contributed by atoms with Gasteiger partial charge in [0.1, 0.15) is 0 Å². The number of rotatable bonds is 10. The molecule has 0 aromatic heterocycles. The zero-order chi connectivity index (χ0) is 38.3. The standard InChI is InChI=1S/C42H31F6N2O3P/c43-41(44,45)30-25-31(42(46,47)48)27-32(26-30)49-40(52)50-37(28-15-5-1-6-16-28)38(29-17-7-2-8-18-29)53-39(51)35-23-13-14-24-36(35)54(33-19-9-3-10-20-33)34-21-11-4-12-22-34/h1-27,37-38H,(H2,49,50,52)/t37-,38-/m1/s1. The molecule has 0 unspecified atom stereocenters. The van der Waals surface area contributed by atoms with Crippen molar-refractivity contribution in [2.45, 2.75) is 24.5 Å². The summed E-state index contributed by atoms with van der Waals surface area (Å²) in [4.78, 5) is 28.0. The van der Waals surface area contributed by atoms with Gasteiger partial charge in [0.15, 0.2) is 6.10 Å². The van der Waals surface area contributed by atoms with Gasteiger partial charge in [0.05, 0.1) is 22.7 Å². The van der Waals surface area contributed by atoms with E-state index in [1.165, 1.54) is 0 Å². The number of anilines is 1. The van der Waals surface area contributed by atoms with E-state index in [0.717, 1.165) is 10.6 Å². The Morgan fingerprint density at radius 3 is 1.50 bits per heavy atom. The largest absolute Gasteiger partial charge is 0.451 e. The number of halogens is 6. The van der Waals surface area contributed by atoms with Crippen LogP contribution < -0.4 is 26.5 Å². The predicted molar refractivity (Wildman–Crippen MR) is 198 cm³/mol. The van der Waals surface area contributed by atoms with Crippen LogP contribution in [0.5, 0.6) is 0 Å². The highest BCUT2D eigenvalue weighted by Crippen LogP contribution is 2.39.